The van der Waals surface area contributed by atoms with Crippen molar-refractivity contribution in [1.82, 2.24) is 14.1 Å². The van der Waals surface area contributed by atoms with Crippen molar-refractivity contribution in [3.05, 3.63) is 89.9 Å². The van der Waals surface area contributed by atoms with Gasteiger partial charge in [-0.15, -0.1) is 0 Å². The number of amides is 2. The third-order valence-corrected chi connectivity index (χ3v) is 8.37. The van der Waals surface area contributed by atoms with Crippen LogP contribution in [0, 0.1) is 0 Å². The zero-order valence-electron chi connectivity index (χ0n) is 18.5. The van der Waals surface area contributed by atoms with Gasteiger partial charge >= 0.3 is 0 Å². The van der Waals surface area contributed by atoms with Gasteiger partial charge in [0.15, 0.2) is 5.76 Å². The highest BCUT2D eigenvalue weighted by Gasteiger charge is 2.39. The lowest BCUT2D eigenvalue weighted by Crippen LogP contribution is -2.58. The first-order valence-corrected chi connectivity index (χ1v) is 12.6. The van der Waals surface area contributed by atoms with Gasteiger partial charge in [0.05, 0.1) is 11.2 Å². The molecule has 176 valence electrons. The van der Waals surface area contributed by atoms with Crippen LogP contribution in [0.4, 0.5) is 0 Å². The molecule has 1 saturated heterocycles. The van der Waals surface area contributed by atoms with Crippen LogP contribution < -0.4 is 0 Å². The van der Waals surface area contributed by atoms with E-state index in [0.717, 1.165) is 11.1 Å². The second-order valence-electron chi connectivity index (χ2n) is 8.44. The van der Waals surface area contributed by atoms with Crippen molar-refractivity contribution in [2.75, 3.05) is 26.2 Å². The number of sulfonamides is 1. The van der Waals surface area contributed by atoms with E-state index in [1.165, 1.54) is 10.6 Å². The zero-order chi connectivity index (χ0) is 23.7. The summed E-state index contributed by atoms with van der Waals surface area (Å²) in [5, 5.41) is 0. The Labute approximate surface area is 198 Å². The Balaban J connectivity index is 1.34. The molecular formula is C25H25N3O5S. The maximum Gasteiger partial charge on any atom is 0.290 e. The Bertz CT molecular complexity index is 1280. The Morgan fingerprint density at radius 2 is 1.50 bits per heavy atom. The van der Waals surface area contributed by atoms with Crippen LogP contribution in [0.25, 0.3) is 0 Å². The maximum atomic E-state index is 13.6. The smallest absolute Gasteiger partial charge is 0.290 e. The molecule has 0 spiro atoms. The Morgan fingerprint density at radius 1 is 0.824 bits per heavy atom. The average Bonchev–Trinajstić information content (AvgIpc) is 3.43. The van der Waals surface area contributed by atoms with Gasteiger partial charge in [-0.1, -0.05) is 42.5 Å². The first kappa shape index (κ1) is 22.4. The van der Waals surface area contributed by atoms with Gasteiger partial charge < -0.3 is 14.2 Å². The van der Waals surface area contributed by atoms with E-state index in [4.69, 9.17) is 4.42 Å². The highest BCUT2D eigenvalue weighted by atomic mass is 32.2. The molecule has 0 saturated carbocycles. The lowest BCUT2D eigenvalue weighted by Gasteiger charge is -2.40. The molecule has 0 radical (unpaired) electrons. The van der Waals surface area contributed by atoms with E-state index in [1.807, 2.05) is 24.3 Å². The third kappa shape index (κ3) is 4.12. The molecule has 0 aliphatic carbocycles. The van der Waals surface area contributed by atoms with E-state index in [-0.39, 0.29) is 48.6 Å². The van der Waals surface area contributed by atoms with Gasteiger partial charge in [0.2, 0.25) is 15.9 Å². The summed E-state index contributed by atoms with van der Waals surface area (Å²) >= 11 is 0. The number of carbonyl (C=O) groups is 2. The molecule has 2 aliphatic heterocycles. The predicted molar refractivity (Wildman–Crippen MR) is 124 cm³/mol. The van der Waals surface area contributed by atoms with E-state index >= 15 is 0 Å². The molecule has 2 amide bonds. The molecule has 34 heavy (non-hydrogen) atoms. The van der Waals surface area contributed by atoms with Crippen LogP contribution in [0.2, 0.25) is 0 Å². The summed E-state index contributed by atoms with van der Waals surface area (Å²) < 4.78 is 32.6. The highest BCUT2D eigenvalue weighted by molar-refractivity contribution is 7.89. The Morgan fingerprint density at radius 3 is 2.18 bits per heavy atom. The van der Waals surface area contributed by atoms with Gasteiger partial charge in [0.25, 0.3) is 5.91 Å². The standard InChI is InChI=1S/C25H25N3O5S/c29-24(26-12-14-27(15-13-26)34(31,32)21-9-2-1-3-10-21)22-17-19-7-4-5-8-20(19)18-28(22)25(30)23-11-6-16-33-23/h1-11,16,22H,12-15,17-18H2/t22-/m0/s1. The number of hydrogen-bond donors (Lipinski definition) is 0. The number of nitrogens with zero attached hydrogens (tertiary/aromatic N) is 3. The Hall–Kier alpha value is -3.43. The summed E-state index contributed by atoms with van der Waals surface area (Å²) in [5.74, 6) is -0.315. The van der Waals surface area contributed by atoms with Crippen LogP contribution in [0.15, 0.2) is 82.3 Å². The summed E-state index contributed by atoms with van der Waals surface area (Å²) in [6.45, 7) is 1.27. The van der Waals surface area contributed by atoms with Crippen molar-refractivity contribution in [2.24, 2.45) is 0 Å². The fourth-order valence-electron chi connectivity index (χ4n) is 4.60. The number of piperazine rings is 1. The van der Waals surface area contributed by atoms with E-state index in [0.29, 0.717) is 13.0 Å². The van der Waals surface area contributed by atoms with Crippen LogP contribution in [0.1, 0.15) is 21.7 Å². The average molecular weight is 480 g/mol. The molecule has 5 rings (SSSR count). The van der Waals surface area contributed by atoms with E-state index in [9.17, 15) is 18.0 Å². The van der Waals surface area contributed by atoms with Gasteiger partial charge in [-0.25, -0.2) is 8.42 Å². The molecular weight excluding hydrogens is 454 g/mol. The van der Waals surface area contributed by atoms with Gasteiger partial charge in [0, 0.05) is 39.1 Å². The summed E-state index contributed by atoms with van der Waals surface area (Å²) in [5.41, 5.74) is 2.04. The van der Waals surface area contributed by atoms with E-state index in [1.54, 1.807) is 52.3 Å². The van der Waals surface area contributed by atoms with Crippen molar-refractivity contribution in [3.8, 4) is 0 Å². The van der Waals surface area contributed by atoms with Crippen LogP contribution in [0.3, 0.4) is 0 Å². The lowest BCUT2D eigenvalue weighted by atomic mass is 9.92. The summed E-state index contributed by atoms with van der Waals surface area (Å²) in [7, 11) is -3.61. The number of benzene rings is 2. The molecule has 3 heterocycles. The summed E-state index contributed by atoms with van der Waals surface area (Å²) in [6, 6.07) is 18.7. The van der Waals surface area contributed by atoms with E-state index < -0.39 is 16.1 Å². The van der Waals surface area contributed by atoms with Gasteiger partial charge in [-0.2, -0.15) is 4.31 Å². The molecule has 8 nitrogen and oxygen atoms in total. The second-order valence-corrected chi connectivity index (χ2v) is 10.4. The molecule has 0 N–H and O–H groups in total. The fourth-order valence-corrected chi connectivity index (χ4v) is 6.04. The van der Waals surface area contributed by atoms with Gasteiger partial charge in [0.1, 0.15) is 6.04 Å². The van der Waals surface area contributed by atoms with Gasteiger partial charge in [-0.3, -0.25) is 9.59 Å². The quantitative estimate of drug-likeness (QED) is 0.573. The highest BCUT2D eigenvalue weighted by Crippen LogP contribution is 2.27. The third-order valence-electron chi connectivity index (χ3n) is 6.46. The topological polar surface area (TPSA) is 91.1 Å². The van der Waals surface area contributed by atoms with Gasteiger partial charge in [-0.05, 0) is 35.4 Å². The minimum Gasteiger partial charge on any atom is -0.459 e. The molecule has 2 aliphatic rings. The molecule has 2 aromatic carbocycles. The normalized spacial score (nSPS) is 19.0. The van der Waals surface area contributed by atoms with Crippen molar-refractivity contribution in [1.29, 1.82) is 0 Å². The number of hydrogen-bond acceptors (Lipinski definition) is 5. The second kappa shape index (κ2) is 9.08. The molecule has 3 aromatic rings. The number of carbonyl (C=O) groups excluding carboxylic acids is 2. The summed E-state index contributed by atoms with van der Waals surface area (Å²) in [6.07, 6.45) is 1.85. The first-order chi connectivity index (χ1) is 16.4. The summed E-state index contributed by atoms with van der Waals surface area (Å²) in [4.78, 5) is 30.3. The lowest BCUT2D eigenvalue weighted by molar-refractivity contribution is -0.137. The van der Waals surface area contributed by atoms with Crippen molar-refractivity contribution in [3.63, 3.8) is 0 Å². The van der Waals surface area contributed by atoms with E-state index in [2.05, 4.69) is 0 Å². The minimum absolute atomic E-state index is 0.175. The largest absolute Gasteiger partial charge is 0.459 e. The molecule has 1 aromatic heterocycles. The van der Waals surface area contributed by atoms with Crippen LogP contribution in [-0.2, 0) is 27.8 Å². The molecule has 1 fully saturated rings. The molecule has 0 bridgehead atoms. The predicted octanol–water partition coefficient (Wildman–Crippen LogP) is 2.38. The molecule has 0 unspecified atom stereocenters. The number of furan rings is 1. The maximum absolute atomic E-state index is 13.6. The van der Waals surface area contributed by atoms with Crippen molar-refractivity contribution >= 4 is 21.8 Å². The van der Waals surface area contributed by atoms with Crippen LogP contribution >= 0.6 is 0 Å². The number of rotatable bonds is 4. The first-order valence-electron chi connectivity index (χ1n) is 11.2. The molecule has 1 atom stereocenters. The van der Waals surface area contributed by atoms with Crippen LogP contribution in [-0.4, -0.2) is 66.6 Å². The van der Waals surface area contributed by atoms with Crippen LogP contribution in [0.5, 0.6) is 0 Å². The van der Waals surface area contributed by atoms with Crippen molar-refractivity contribution in [2.45, 2.75) is 23.9 Å². The number of fused-ring (bicyclic) bond motifs is 1. The molecule has 9 heteroatoms. The monoisotopic (exact) mass is 479 g/mol. The Kier molecular flexibility index (Phi) is 5.97. The minimum atomic E-state index is -3.61. The SMILES string of the molecule is O=C([C@@H]1Cc2ccccc2CN1C(=O)c1ccco1)N1CCN(S(=O)(=O)c2ccccc2)CC1. The zero-order valence-corrected chi connectivity index (χ0v) is 19.4. The van der Waals surface area contributed by atoms with Crippen molar-refractivity contribution < 1.29 is 22.4 Å². The fraction of sp³-hybridized carbons (Fsp3) is 0.280.